The van der Waals surface area contributed by atoms with Crippen LogP contribution in [-0.2, 0) is 9.59 Å². The lowest BCUT2D eigenvalue weighted by Crippen LogP contribution is -2.35. The summed E-state index contributed by atoms with van der Waals surface area (Å²) in [4.78, 5) is 24.4. The van der Waals surface area contributed by atoms with Gasteiger partial charge in [-0.3, -0.25) is 9.59 Å². The zero-order valence-corrected chi connectivity index (χ0v) is 10.8. The molecule has 1 amide bonds. The molecule has 0 heterocycles. The highest BCUT2D eigenvalue weighted by molar-refractivity contribution is 5.83. The van der Waals surface area contributed by atoms with Crippen LogP contribution >= 0.6 is 0 Å². The van der Waals surface area contributed by atoms with E-state index >= 15 is 0 Å². The zero-order valence-electron chi connectivity index (χ0n) is 10.8. The van der Waals surface area contributed by atoms with Crippen molar-refractivity contribution >= 4 is 11.9 Å². The minimum absolute atomic E-state index is 0.0128. The summed E-state index contributed by atoms with van der Waals surface area (Å²) in [5, 5.41) is 8.66. The normalized spacial score (nSPS) is 11.9. The molecule has 0 aliphatic heterocycles. The number of hydrogen-bond acceptors (Lipinski definition) is 2. The highest BCUT2D eigenvalue weighted by Crippen LogP contribution is 2.17. The maximum absolute atomic E-state index is 12.2. The predicted molar refractivity (Wildman–Crippen MR) is 69.4 cm³/mol. The third-order valence-electron chi connectivity index (χ3n) is 2.96. The van der Waals surface area contributed by atoms with Crippen LogP contribution in [0.15, 0.2) is 30.3 Å². The van der Waals surface area contributed by atoms with Gasteiger partial charge in [-0.1, -0.05) is 30.3 Å². The van der Waals surface area contributed by atoms with Gasteiger partial charge < -0.3 is 10.0 Å². The fourth-order valence-corrected chi connectivity index (χ4v) is 1.81. The predicted octanol–water partition coefficient (Wildman–Crippen LogP) is 2.11. The number of carbonyl (C=O) groups excluding carboxylic acids is 1. The molecule has 1 atom stereocenters. The maximum Gasteiger partial charge on any atom is 0.305 e. The van der Waals surface area contributed by atoms with E-state index in [1.54, 1.807) is 4.90 Å². The number of nitrogens with zero attached hydrogens (tertiary/aromatic N) is 1. The van der Waals surface area contributed by atoms with Crippen molar-refractivity contribution < 1.29 is 14.7 Å². The van der Waals surface area contributed by atoms with Crippen LogP contribution in [0.1, 0.15) is 31.7 Å². The minimum atomic E-state index is -0.881. The fourth-order valence-electron chi connectivity index (χ4n) is 1.81. The van der Waals surface area contributed by atoms with Crippen molar-refractivity contribution in [3.63, 3.8) is 0 Å². The van der Waals surface area contributed by atoms with Crippen molar-refractivity contribution in [2.24, 2.45) is 0 Å². The van der Waals surface area contributed by atoms with Crippen LogP contribution in [0.5, 0.6) is 0 Å². The number of carboxylic acids is 1. The molecule has 1 rings (SSSR count). The first-order valence-electron chi connectivity index (χ1n) is 6.11. The van der Waals surface area contributed by atoms with E-state index in [2.05, 4.69) is 0 Å². The average molecular weight is 249 g/mol. The minimum Gasteiger partial charge on any atom is -0.481 e. The summed E-state index contributed by atoms with van der Waals surface area (Å²) in [6.45, 7) is 4.50. The lowest BCUT2D eigenvalue weighted by molar-refractivity contribution is -0.138. The smallest absolute Gasteiger partial charge is 0.305 e. The van der Waals surface area contributed by atoms with Crippen LogP contribution in [0.4, 0.5) is 0 Å². The molecule has 0 unspecified atom stereocenters. The molecule has 0 radical (unpaired) electrons. The summed E-state index contributed by atoms with van der Waals surface area (Å²) in [5.74, 6) is -1.14. The molecule has 1 aromatic rings. The van der Waals surface area contributed by atoms with Gasteiger partial charge in [0.2, 0.25) is 5.91 Å². The van der Waals surface area contributed by atoms with Crippen molar-refractivity contribution in [2.45, 2.75) is 26.2 Å². The van der Waals surface area contributed by atoms with Gasteiger partial charge in [-0.2, -0.15) is 0 Å². The van der Waals surface area contributed by atoms with Gasteiger partial charge in [-0.25, -0.2) is 0 Å². The van der Waals surface area contributed by atoms with E-state index in [0.29, 0.717) is 6.54 Å². The topological polar surface area (TPSA) is 57.6 Å². The van der Waals surface area contributed by atoms with Crippen molar-refractivity contribution in [1.29, 1.82) is 0 Å². The molecule has 0 aromatic heterocycles. The number of aliphatic carboxylic acids is 1. The molecule has 1 aromatic carbocycles. The number of carbonyl (C=O) groups is 2. The molecule has 18 heavy (non-hydrogen) atoms. The first-order chi connectivity index (χ1) is 8.56. The Hall–Kier alpha value is -1.84. The first kappa shape index (κ1) is 14.2. The number of amides is 1. The fraction of sp³-hybridized carbons (Fsp3) is 0.429. The Morgan fingerprint density at radius 3 is 2.39 bits per heavy atom. The quantitative estimate of drug-likeness (QED) is 0.840. The molecule has 4 nitrogen and oxygen atoms in total. The van der Waals surface area contributed by atoms with Crippen LogP contribution in [0, 0.1) is 0 Å². The Kier molecular flexibility index (Phi) is 5.36. The molecule has 0 saturated carbocycles. The Labute approximate surface area is 107 Å². The number of hydrogen-bond donors (Lipinski definition) is 1. The second-order valence-corrected chi connectivity index (χ2v) is 4.19. The van der Waals surface area contributed by atoms with Gasteiger partial charge >= 0.3 is 5.97 Å². The van der Waals surface area contributed by atoms with Crippen LogP contribution in [0.3, 0.4) is 0 Å². The summed E-state index contributed by atoms with van der Waals surface area (Å²) in [7, 11) is 0. The summed E-state index contributed by atoms with van der Waals surface area (Å²) in [5.41, 5.74) is 0.955. The number of benzene rings is 1. The number of likely N-dealkylation sites (N-methyl/N-ethyl adjacent to an activating group) is 1. The zero-order chi connectivity index (χ0) is 13.5. The monoisotopic (exact) mass is 249 g/mol. The Balaban J connectivity index is 2.69. The van der Waals surface area contributed by atoms with Gasteiger partial charge in [0.25, 0.3) is 0 Å². The lowest BCUT2D eigenvalue weighted by atomic mass is 10.00. The van der Waals surface area contributed by atoms with Gasteiger partial charge in [-0.15, -0.1) is 0 Å². The molecule has 98 valence electrons. The van der Waals surface area contributed by atoms with Gasteiger partial charge in [-0.05, 0) is 19.4 Å². The van der Waals surface area contributed by atoms with E-state index in [0.717, 1.165) is 5.56 Å². The number of rotatable bonds is 6. The third-order valence-corrected chi connectivity index (χ3v) is 2.96. The molecule has 0 bridgehead atoms. The van der Waals surface area contributed by atoms with Crippen LogP contribution in [0.2, 0.25) is 0 Å². The average Bonchev–Trinajstić information content (AvgIpc) is 2.39. The van der Waals surface area contributed by atoms with Crippen LogP contribution in [0.25, 0.3) is 0 Å². The molecule has 0 saturated heterocycles. The van der Waals surface area contributed by atoms with E-state index in [1.807, 2.05) is 44.2 Å². The van der Waals surface area contributed by atoms with Gasteiger partial charge in [0.1, 0.15) is 0 Å². The Morgan fingerprint density at radius 1 is 1.28 bits per heavy atom. The highest BCUT2D eigenvalue weighted by atomic mass is 16.4. The van der Waals surface area contributed by atoms with Gasteiger partial charge in [0.15, 0.2) is 0 Å². The van der Waals surface area contributed by atoms with E-state index in [1.165, 1.54) is 0 Å². The summed E-state index contributed by atoms with van der Waals surface area (Å²) in [6, 6.07) is 9.52. The van der Waals surface area contributed by atoms with Crippen LogP contribution < -0.4 is 0 Å². The molecule has 0 fully saturated rings. The molecule has 0 aliphatic carbocycles. The van der Waals surface area contributed by atoms with Crippen LogP contribution in [-0.4, -0.2) is 35.0 Å². The summed E-state index contributed by atoms with van der Waals surface area (Å²) >= 11 is 0. The molecule has 4 heteroatoms. The number of carboxylic acid groups (broad SMARTS) is 1. The Morgan fingerprint density at radius 2 is 1.89 bits per heavy atom. The molecule has 0 aliphatic rings. The van der Waals surface area contributed by atoms with E-state index in [-0.39, 0.29) is 24.8 Å². The van der Waals surface area contributed by atoms with Crippen molar-refractivity contribution in [3.8, 4) is 0 Å². The SMILES string of the molecule is CCN(CCC(=O)O)C(=O)[C@@H](C)c1ccccc1. The largest absolute Gasteiger partial charge is 0.481 e. The van der Waals surface area contributed by atoms with E-state index in [4.69, 9.17) is 5.11 Å². The molecular weight excluding hydrogens is 230 g/mol. The standard InChI is InChI=1S/C14H19NO3/c1-3-15(10-9-13(16)17)14(18)11(2)12-7-5-4-6-8-12/h4-8,11H,3,9-10H2,1-2H3,(H,16,17)/t11-/m0/s1. The van der Waals surface area contributed by atoms with Crippen molar-refractivity contribution in [3.05, 3.63) is 35.9 Å². The van der Waals surface area contributed by atoms with Crippen molar-refractivity contribution in [2.75, 3.05) is 13.1 Å². The van der Waals surface area contributed by atoms with E-state index < -0.39 is 5.97 Å². The van der Waals surface area contributed by atoms with E-state index in [9.17, 15) is 9.59 Å². The second-order valence-electron chi connectivity index (χ2n) is 4.19. The highest BCUT2D eigenvalue weighted by Gasteiger charge is 2.20. The molecule has 0 spiro atoms. The van der Waals surface area contributed by atoms with Gasteiger partial charge in [0, 0.05) is 13.1 Å². The second kappa shape index (κ2) is 6.79. The first-order valence-corrected chi connectivity index (χ1v) is 6.11. The maximum atomic E-state index is 12.2. The third kappa shape index (κ3) is 3.87. The van der Waals surface area contributed by atoms with Gasteiger partial charge in [0.05, 0.1) is 12.3 Å². The Bertz CT molecular complexity index is 403. The molecule has 1 N–H and O–H groups in total. The van der Waals surface area contributed by atoms with Crippen molar-refractivity contribution in [1.82, 2.24) is 4.90 Å². The summed E-state index contributed by atoms with van der Waals surface area (Å²) in [6.07, 6.45) is -0.0128. The lowest BCUT2D eigenvalue weighted by Gasteiger charge is -2.24. The molecular formula is C14H19NO3. The summed E-state index contributed by atoms with van der Waals surface area (Å²) < 4.78 is 0.